The summed E-state index contributed by atoms with van der Waals surface area (Å²) in [5.41, 5.74) is 6.52. The lowest BCUT2D eigenvalue weighted by molar-refractivity contribution is 0.0423. The van der Waals surface area contributed by atoms with Crippen molar-refractivity contribution in [3.05, 3.63) is 35.9 Å². The summed E-state index contributed by atoms with van der Waals surface area (Å²) in [6.45, 7) is 2.86. The van der Waals surface area contributed by atoms with Crippen molar-refractivity contribution in [2.24, 2.45) is 5.73 Å². The maximum atomic E-state index is 12.6. The van der Waals surface area contributed by atoms with E-state index < -0.39 is 10.0 Å². The van der Waals surface area contributed by atoms with Gasteiger partial charge in [-0.15, -0.1) is 0 Å². The lowest BCUT2D eigenvalue weighted by Gasteiger charge is -2.27. The van der Waals surface area contributed by atoms with Crippen molar-refractivity contribution in [2.45, 2.75) is 12.6 Å². The fourth-order valence-corrected chi connectivity index (χ4v) is 3.94. The van der Waals surface area contributed by atoms with Crippen molar-refractivity contribution in [3.8, 4) is 0 Å². The summed E-state index contributed by atoms with van der Waals surface area (Å²) in [6.07, 6.45) is -0.292. The Kier molecular flexibility index (Phi) is 6.13. The van der Waals surface area contributed by atoms with E-state index in [1.165, 1.54) is 4.31 Å². The van der Waals surface area contributed by atoms with Gasteiger partial charge in [0.15, 0.2) is 0 Å². The Balaban J connectivity index is 2.04. The topological polar surface area (TPSA) is 84.7 Å². The number of nitrogens with two attached hydrogens (primary N) is 1. The quantitative estimate of drug-likeness (QED) is 0.726. The molecule has 21 heavy (non-hydrogen) atoms. The van der Waals surface area contributed by atoms with Gasteiger partial charge < -0.3 is 15.8 Å². The van der Waals surface area contributed by atoms with E-state index in [1.807, 2.05) is 30.3 Å². The van der Waals surface area contributed by atoms with Crippen LogP contribution in [-0.2, 0) is 21.3 Å². The first-order chi connectivity index (χ1) is 10.1. The molecule has 0 radical (unpaired) electrons. The number of hydrogen-bond donors (Lipinski definition) is 2. The van der Waals surface area contributed by atoms with E-state index in [4.69, 9.17) is 10.5 Å². The average Bonchev–Trinajstić information content (AvgIpc) is 2.48. The van der Waals surface area contributed by atoms with Gasteiger partial charge >= 0.3 is 0 Å². The van der Waals surface area contributed by atoms with Gasteiger partial charge in [0.25, 0.3) is 0 Å². The predicted molar refractivity (Wildman–Crippen MR) is 82.3 cm³/mol. The van der Waals surface area contributed by atoms with E-state index in [0.29, 0.717) is 32.8 Å². The van der Waals surface area contributed by atoms with Crippen LogP contribution in [0.15, 0.2) is 30.3 Å². The van der Waals surface area contributed by atoms with Gasteiger partial charge in [0, 0.05) is 32.7 Å². The molecule has 1 heterocycles. The predicted octanol–water partition coefficient (Wildman–Crippen LogP) is -0.234. The van der Waals surface area contributed by atoms with Gasteiger partial charge in [-0.1, -0.05) is 30.3 Å². The van der Waals surface area contributed by atoms with E-state index in [2.05, 4.69) is 5.32 Å². The second-order valence-electron chi connectivity index (χ2n) is 5.08. The molecule has 7 heteroatoms. The third-order valence-corrected chi connectivity index (χ3v) is 5.27. The Hall–Kier alpha value is -0.990. The third kappa shape index (κ3) is 5.05. The molecule has 118 valence electrons. The molecular formula is C14H23N3O3S. The van der Waals surface area contributed by atoms with E-state index in [0.717, 1.165) is 12.1 Å². The summed E-state index contributed by atoms with van der Waals surface area (Å²) in [6, 6.07) is 9.54. The van der Waals surface area contributed by atoms with Crippen molar-refractivity contribution in [2.75, 3.05) is 38.5 Å². The first-order valence-electron chi connectivity index (χ1n) is 7.16. The molecule has 0 aliphatic carbocycles. The van der Waals surface area contributed by atoms with Crippen molar-refractivity contribution in [1.29, 1.82) is 0 Å². The number of sulfonamides is 1. The largest absolute Gasteiger partial charge is 0.374 e. The van der Waals surface area contributed by atoms with Crippen molar-refractivity contribution in [1.82, 2.24) is 9.62 Å². The van der Waals surface area contributed by atoms with Crippen molar-refractivity contribution >= 4 is 10.0 Å². The molecular weight excluding hydrogens is 290 g/mol. The van der Waals surface area contributed by atoms with Gasteiger partial charge in [-0.05, 0) is 5.56 Å². The number of nitrogens with zero attached hydrogens (tertiary/aromatic N) is 1. The molecule has 1 aromatic carbocycles. The Morgan fingerprint density at radius 3 is 2.71 bits per heavy atom. The minimum Gasteiger partial charge on any atom is -0.374 e. The van der Waals surface area contributed by atoms with E-state index in [9.17, 15) is 8.42 Å². The molecule has 1 unspecified atom stereocenters. The highest BCUT2D eigenvalue weighted by molar-refractivity contribution is 7.89. The van der Waals surface area contributed by atoms with E-state index >= 15 is 0 Å². The van der Waals surface area contributed by atoms with Crippen LogP contribution in [-0.4, -0.2) is 57.4 Å². The van der Waals surface area contributed by atoms with Gasteiger partial charge in [-0.3, -0.25) is 0 Å². The molecule has 1 aromatic rings. The highest BCUT2D eigenvalue weighted by Gasteiger charge is 2.27. The maximum absolute atomic E-state index is 12.6. The first kappa shape index (κ1) is 16.4. The minimum atomic E-state index is -3.39. The summed E-state index contributed by atoms with van der Waals surface area (Å²) in [7, 11) is -3.39. The first-order valence-corrected chi connectivity index (χ1v) is 8.77. The highest BCUT2D eigenvalue weighted by atomic mass is 32.2. The molecule has 1 atom stereocenters. The van der Waals surface area contributed by atoms with Gasteiger partial charge in [0.1, 0.15) is 0 Å². The zero-order chi connectivity index (χ0) is 15.1. The van der Waals surface area contributed by atoms with Crippen LogP contribution in [0.3, 0.4) is 0 Å². The summed E-state index contributed by atoms with van der Waals surface area (Å²) in [4.78, 5) is 0. The lowest BCUT2D eigenvalue weighted by Crippen LogP contribution is -2.46. The number of hydrogen-bond acceptors (Lipinski definition) is 5. The molecule has 6 nitrogen and oxygen atoms in total. The fourth-order valence-electron chi connectivity index (χ4n) is 2.31. The summed E-state index contributed by atoms with van der Waals surface area (Å²) in [5, 5.41) is 3.15. The van der Waals surface area contributed by atoms with Gasteiger partial charge in [0.2, 0.25) is 10.0 Å². The SMILES string of the molecule is NCCN(Cc1ccccc1)S(=O)(=O)CC1CNCCO1. The molecule has 0 spiro atoms. The van der Waals surface area contributed by atoms with Crippen LogP contribution in [0.5, 0.6) is 0 Å². The molecule has 3 N–H and O–H groups in total. The summed E-state index contributed by atoms with van der Waals surface area (Å²) >= 11 is 0. The molecule has 2 rings (SSSR count). The number of benzene rings is 1. The number of rotatable bonds is 7. The normalized spacial score (nSPS) is 19.8. The van der Waals surface area contributed by atoms with Crippen LogP contribution < -0.4 is 11.1 Å². The van der Waals surface area contributed by atoms with Gasteiger partial charge in [0.05, 0.1) is 18.5 Å². The van der Waals surface area contributed by atoms with Gasteiger partial charge in [-0.25, -0.2) is 8.42 Å². The maximum Gasteiger partial charge on any atom is 0.217 e. The van der Waals surface area contributed by atoms with Crippen LogP contribution in [0.4, 0.5) is 0 Å². The minimum absolute atomic E-state index is 0.00711. The third-order valence-electron chi connectivity index (χ3n) is 3.37. The summed E-state index contributed by atoms with van der Waals surface area (Å²) < 4.78 is 32.0. The Morgan fingerprint density at radius 1 is 1.33 bits per heavy atom. The van der Waals surface area contributed by atoms with Crippen LogP contribution in [0.25, 0.3) is 0 Å². The molecule has 0 amide bonds. The monoisotopic (exact) mass is 313 g/mol. The standard InChI is InChI=1S/C14H23N3O3S/c15-6-8-17(11-13-4-2-1-3-5-13)21(18,19)12-14-10-16-7-9-20-14/h1-5,14,16H,6-12,15H2. The Labute approximate surface area is 126 Å². The zero-order valence-corrected chi connectivity index (χ0v) is 12.9. The molecule has 1 aliphatic rings. The fraction of sp³-hybridized carbons (Fsp3) is 0.571. The smallest absolute Gasteiger partial charge is 0.217 e. The highest BCUT2D eigenvalue weighted by Crippen LogP contribution is 2.12. The second kappa shape index (κ2) is 7.86. The molecule has 1 aliphatic heterocycles. The Morgan fingerprint density at radius 2 is 2.10 bits per heavy atom. The van der Waals surface area contributed by atoms with Crippen LogP contribution in [0, 0.1) is 0 Å². The second-order valence-corrected chi connectivity index (χ2v) is 7.10. The van der Waals surface area contributed by atoms with Crippen LogP contribution >= 0.6 is 0 Å². The van der Waals surface area contributed by atoms with Crippen LogP contribution in [0.2, 0.25) is 0 Å². The van der Waals surface area contributed by atoms with Gasteiger partial charge in [-0.2, -0.15) is 4.31 Å². The summed E-state index contributed by atoms with van der Waals surface area (Å²) in [5.74, 6) is -0.00711. The van der Waals surface area contributed by atoms with Crippen LogP contribution in [0.1, 0.15) is 5.56 Å². The lowest BCUT2D eigenvalue weighted by atomic mass is 10.2. The molecule has 1 saturated heterocycles. The Bertz CT molecular complexity index is 516. The van der Waals surface area contributed by atoms with Crippen molar-refractivity contribution < 1.29 is 13.2 Å². The molecule has 0 saturated carbocycles. The zero-order valence-electron chi connectivity index (χ0n) is 12.1. The van der Waals surface area contributed by atoms with Crippen molar-refractivity contribution in [3.63, 3.8) is 0 Å². The molecule has 0 aromatic heterocycles. The van der Waals surface area contributed by atoms with E-state index in [1.54, 1.807) is 0 Å². The number of nitrogens with one attached hydrogen (secondary N) is 1. The number of morpholine rings is 1. The molecule has 0 bridgehead atoms. The van der Waals surface area contributed by atoms with E-state index in [-0.39, 0.29) is 11.9 Å². The average molecular weight is 313 g/mol. The number of ether oxygens (including phenoxy) is 1. The molecule has 1 fully saturated rings.